The van der Waals surface area contributed by atoms with Crippen molar-refractivity contribution in [2.75, 3.05) is 11.1 Å². The molecule has 3 nitrogen and oxygen atoms in total. The molecule has 0 fully saturated rings. The van der Waals surface area contributed by atoms with Crippen LogP contribution in [0.4, 0.5) is 5.00 Å². The largest absolute Gasteiger partial charge is 0.316 e. The van der Waals surface area contributed by atoms with Gasteiger partial charge in [0, 0.05) is 14.8 Å². The Kier molecular flexibility index (Phi) is 5.17. The first-order chi connectivity index (χ1) is 11.1. The number of fused-ring (bicyclic) bond motifs is 1. The van der Waals surface area contributed by atoms with Gasteiger partial charge < -0.3 is 5.32 Å². The maximum absolute atomic E-state index is 12.2. The van der Waals surface area contributed by atoms with Gasteiger partial charge in [-0.2, -0.15) is 5.26 Å². The normalized spacial score (nSPS) is 12.7. The van der Waals surface area contributed by atoms with Crippen LogP contribution in [0.5, 0.6) is 0 Å². The Morgan fingerprint density at radius 2 is 2.22 bits per heavy atom. The minimum Gasteiger partial charge on any atom is -0.316 e. The van der Waals surface area contributed by atoms with Gasteiger partial charge in [-0.25, -0.2) is 0 Å². The average Bonchev–Trinajstić information content (AvgIpc) is 3.08. The lowest BCUT2D eigenvalue weighted by atomic mass is 10.1. The molecule has 1 aromatic carbocycles. The van der Waals surface area contributed by atoms with E-state index in [2.05, 4.69) is 11.4 Å². The van der Waals surface area contributed by atoms with Gasteiger partial charge in [0.05, 0.1) is 16.3 Å². The molecule has 0 bridgehead atoms. The molecule has 1 amide bonds. The third-order valence-corrected chi connectivity index (χ3v) is 6.48. The molecule has 0 aliphatic heterocycles. The Hall–Kier alpha value is -1.19. The van der Waals surface area contributed by atoms with E-state index in [0.29, 0.717) is 20.6 Å². The van der Waals surface area contributed by atoms with Crippen LogP contribution in [0, 0.1) is 11.3 Å². The van der Waals surface area contributed by atoms with Crippen molar-refractivity contribution in [2.45, 2.75) is 24.2 Å². The van der Waals surface area contributed by atoms with E-state index < -0.39 is 0 Å². The van der Waals surface area contributed by atoms with E-state index in [0.717, 1.165) is 29.7 Å². The first kappa shape index (κ1) is 16.7. The maximum atomic E-state index is 12.2. The number of halogens is 2. The van der Waals surface area contributed by atoms with Gasteiger partial charge >= 0.3 is 0 Å². The van der Waals surface area contributed by atoms with Gasteiger partial charge in [-0.05, 0) is 43.0 Å². The van der Waals surface area contributed by atoms with Gasteiger partial charge in [0.25, 0.3) is 0 Å². The van der Waals surface area contributed by atoms with Crippen LogP contribution in [0.1, 0.15) is 22.4 Å². The Bertz CT molecular complexity index is 811. The highest BCUT2D eigenvalue weighted by Gasteiger charge is 2.23. The molecule has 1 aliphatic carbocycles. The number of aryl methyl sites for hydroxylation is 1. The zero-order valence-electron chi connectivity index (χ0n) is 12.0. The predicted molar refractivity (Wildman–Crippen MR) is 96.9 cm³/mol. The smallest absolute Gasteiger partial charge is 0.235 e. The summed E-state index contributed by atoms with van der Waals surface area (Å²) in [5.41, 5.74) is 1.74. The molecule has 1 aliphatic rings. The van der Waals surface area contributed by atoms with Crippen LogP contribution in [0.15, 0.2) is 23.1 Å². The number of benzene rings is 1. The summed E-state index contributed by atoms with van der Waals surface area (Å²) in [5.74, 6) is 0.0653. The minimum atomic E-state index is -0.150. The number of rotatable bonds is 4. The quantitative estimate of drug-likeness (QED) is 0.744. The SMILES string of the molecule is N#Cc1c(NC(=O)CSc2cc(Cl)ccc2Cl)sc2c1CCC2. The van der Waals surface area contributed by atoms with Gasteiger partial charge in [-0.15, -0.1) is 23.1 Å². The van der Waals surface area contributed by atoms with Gasteiger partial charge in [-0.1, -0.05) is 23.2 Å². The van der Waals surface area contributed by atoms with Crippen molar-refractivity contribution in [3.63, 3.8) is 0 Å². The van der Waals surface area contributed by atoms with E-state index in [9.17, 15) is 10.1 Å². The third-order valence-electron chi connectivity index (χ3n) is 3.54. The van der Waals surface area contributed by atoms with Gasteiger partial charge in [0.15, 0.2) is 0 Å². The molecule has 0 saturated carbocycles. The molecule has 1 N–H and O–H groups in total. The second kappa shape index (κ2) is 7.14. The molecule has 1 aromatic heterocycles. The summed E-state index contributed by atoms with van der Waals surface area (Å²) < 4.78 is 0. The van der Waals surface area contributed by atoms with Crippen molar-refractivity contribution in [1.29, 1.82) is 5.26 Å². The molecule has 1 heterocycles. The van der Waals surface area contributed by atoms with E-state index in [4.69, 9.17) is 23.2 Å². The van der Waals surface area contributed by atoms with Crippen molar-refractivity contribution >= 4 is 57.2 Å². The monoisotopic (exact) mass is 382 g/mol. The Balaban J connectivity index is 1.66. The molecule has 0 spiro atoms. The van der Waals surface area contributed by atoms with Crippen molar-refractivity contribution in [1.82, 2.24) is 0 Å². The third kappa shape index (κ3) is 3.67. The standard InChI is InChI=1S/C16H12Cl2N2OS2/c17-9-4-5-12(18)14(6-9)22-8-15(21)20-16-11(7-19)10-2-1-3-13(10)23-16/h4-6H,1-3,8H2,(H,20,21). The summed E-state index contributed by atoms with van der Waals surface area (Å²) in [7, 11) is 0. The Labute approximate surface area is 152 Å². The first-order valence-corrected chi connectivity index (χ1v) is 9.56. The molecule has 0 unspecified atom stereocenters. The van der Waals surface area contributed by atoms with Crippen LogP contribution in [0.3, 0.4) is 0 Å². The second-order valence-electron chi connectivity index (χ2n) is 5.08. The molecule has 0 atom stereocenters. The molecule has 23 heavy (non-hydrogen) atoms. The van der Waals surface area contributed by atoms with Crippen LogP contribution >= 0.6 is 46.3 Å². The van der Waals surface area contributed by atoms with Crippen molar-refractivity contribution in [3.05, 3.63) is 44.2 Å². The lowest BCUT2D eigenvalue weighted by Crippen LogP contribution is -2.14. The number of hydrogen-bond acceptors (Lipinski definition) is 4. The summed E-state index contributed by atoms with van der Waals surface area (Å²) in [6.45, 7) is 0. The number of hydrogen-bond donors (Lipinski definition) is 1. The number of thioether (sulfide) groups is 1. The minimum absolute atomic E-state index is 0.150. The van der Waals surface area contributed by atoms with Gasteiger partial charge in [0.2, 0.25) is 5.91 Å². The van der Waals surface area contributed by atoms with Crippen molar-refractivity contribution in [2.24, 2.45) is 0 Å². The van der Waals surface area contributed by atoms with Crippen molar-refractivity contribution < 1.29 is 4.79 Å². The molecular formula is C16H12Cl2N2OS2. The van der Waals surface area contributed by atoms with Crippen LogP contribution < -0.4 is 5.32 Å². The van der Waals surface area contributed by atoms with E-state index in [-0.39, 0.29) is 11.7 Å². The zero-order valence-corrected chi connectivity index (χ0v) is 15.1. The maximum Gasteiger partial charge on any atom is 0.235 e. The van der Waals surface area contributed by atoms with Crippen LogP contribution in [-0.4, -0.2) is 11.7 Å². The van der Waals surface area contributed by atoms with Gasteiger partial charge in [0.1, 0.15) is 11.1 Å². The number of nitriles is 1. The van der Waals surface area contributed by atoms with E-state index in [1.807, 2.05) is 0 Å². The zero-order chi connectivity index (χ0) is 16.4. The fraction of sp³-hybridized carbons (Fsp3) is 0.250. The highest BCUT2D eigenvalue weighted by Crippen LogP contribution is 2.38. The summed E-state index contributed by atoms with van der Waals surface area (Å²) >= 11 is 14.9. The van der Waals surface area contributed by atoms with Crippen molar-refractivity contribution in [3.8, 4) is 6.07 Å². The highest BCUT2D eigenvalue weighted by molar-refractivity contribution is 8.00. The number of nitrogens with zero attached hydrogens (tertiary/aromatic N) is 1. The lowest BCUT2D eigenvalue weighted by molar-refractivity contribution is -0.113. The van der Waals surface area contributed by atoms with Crippen LogP contribution in [0.2, 0.25) is 10.0 Å². The van der Waals surface area contributed by atoms with E-state index in [1.165, 1.54) is 28.0 Å². The summed E-state index contributed by atoms with van der Waals surface area (Å²) in [6.07, 6.45) is 3.02. The molecule has 7 heteroatoms. The topological polar surface area (TPSA) is 52.9 Å². The number of anilines is 1. The average molecular weight is 383 g/mol. The fourth-order valence-electron chi connectivity index (χ4n) is 2.50. The lowest BCUT2D eigenvalue weighted by Gasteiger charge is -2.06. The summed E-state index contributed by atoms with van der Waals surface area (Å²) in [6, 6.07) is 7.38. The summed E-state index contributed by atoms with van der Waals surface area (Å²) in [5, 5.41) is 14.0. The van der Waals surface area contributed by atoms with E-state index >= 15 is 0 Å². The van der Waals surface area contributed by atoms with E-state index in [1.54, 1.807) is 18.2 Å². The number of carbonyl (C=O) groups is 1. The molecule has 2 aromatic rings. The highest BCUT2D eigenvalue weighted by atomic mass is 35.5. The second-order valence-corrected chi connectivity index (χ2v) is 8.05. The Morgan fingerprint density at radius 1 is 1.39 bits per heavy atom. The number of carbonyl (C=O) groups excluding carboxylic acids is 1. The predicted octanol–water partition coefficient (Wildman–Crippen LogP) is 5.15. The van der Waals surface area contributed by atoms with Crippen LogP contribution in [-0.2, 0) is 17.6 Å². The first-order valence-electron chi connectivity index (χ1n) is 7.01. The molecule has 118 valence electrons. The number of nitrogens with one attached hydrogen (secondary N) is 1. The molecule has 0 saturated heterocycles. The van der Waals surface area contributed by atoms with Crippen LogP contribution in [0.25, 0.3) is 0 Å². The summed E-state index contributed by atoms with van der Waals surface area (Å²) in [4.78, 5) is 14.2. The number of thiophene rings is 1. The Morgan fingerprint density at radius 3 is 3.00 bits per heavy atom. The molecule has 3 rings (SSSR count). The van der Waals surface area contributed by atoms with Gasteiger partial charge in [-0.3, -0.25) is 4.79 Å². The molecular weight excluding hydrogens is 371 g/mol. The fourth-order valence-corrected chi connectivity index (χ4v) is 5.05. The number of amides is 1. The molecule has 0 radical (unpaired) electrons.